The standard InChI is InChI=1S/C20H27NO6/c1-5-24-16-9-6-8-14-12-15(13-26-17(14)16)18(22)25-11-7-10-21-19(23)27-20(2,3)4/h6,8-9,12H,5,7,10-11,13H2,1-4H3,(H,21,23). The Kier molecular flexibility index (Phi) is 7.10. The Morgan fingerprint density at radius 3 is 2.74 bits per heavy atom. The van der Waals surface area contributed by atoms with Crippen LogP contribution in [0.4, 0.5) is 4.79 Å². The molecule has 0 radical (unpaired) electrons. The van der Waals surface area contributed by atoms with Gasteiger partial charge in [0.1, 0.15) is 12.2 Å². The topological polar surface area (TPSA) is 83.1 Å². The van der Waals surface area contributed by atoms with Crippen molar-refractivity contribution < 1.29 is 28.5 Å². The Morgan fingerprint density at radius 1 is 1.26 bits per heavy atom. The van der Waals surface area contributed by atoms with Gasteiger partial charge in [-0.05, 0) is 46.3 Å². The Balaban J connectivity index is 1.78. The average molecular weight is 377 g/mol. The number of rotatable bonds is 7. The van der Waals surface area contributed by atoms with Gasteiger partial charge in [0, 0.05) is 12.1 Å². The van der Waals surface area contributed by atoms with Gasteiger partial charge in [0.15, 0.2) is 11.5 Å². The van der Waals surface area contributed by atoms with Crippen molar-refractivity contribution in [2.75, 3.05) is 26.4 Å². The van der Waals surface area contributed by atoms with E-state index in [1.165, 1.54) is 0 Å². The van der Waals surface area contributed by atoms with Crippen molar-refractivity contribution >= 4 is 18.1 Å². The number of carbonyl (C=O) groups is 2. The maximum atomic E-state index is 12.2. The van der Waals surface area contributed by atoms with Crippen LogP contribution < -0.4 is 14.8 Å². The van der Waals surface area contributed by atoms with Crippen molar-refractivity contribution in [2.45, 2.75) is 39.7 Å². The summed E-state index contributed by atoms with van der Waals surface area (Å²) in [5.74, 6) is 0.865. The second kappa shape index (κ2) is 9.30. The largest absolute Gasteiger partial charge is 0.490 e. The Morgan fingerprint density at radius 2 is 2.04 bits per heavy atom. The number of amides is 1. The van der Waals surface area contributed by atoms with E-state index in [1.54, 1.807) is 26.8 Å². The first-order chi connectivity index (χ1) is 12.8. The van der Waals surface area contributed by atoms with Crippen molar-refractivity contribution in [3.63, 3.8) is 0 Å². The smallest absolute Gasteiger partial charge is 0.407 e. The van der Waals surface area contributed by atoms with Crippen molar-refractivity contribution in [1.29, 1.82) is 0 Å². The summed E-state index contributed by atoms with van der Waals surface area (Å²) in [5.41, 5.74) is 0.685. The molecule has 1 aromatic carbocycles. The molecule has 1 aliphatic heterocycles. The predicted molar refractivity (Wildman–Crippen MR) is 101 cm³/mol. The van der Waals surface area contributed by atoms with E-state index in [1.807, 2.05) is 25.1 Å². The van der Waals surface area contributed by atoms with E-state index < -0.39 is 17.7 Å². The van der Waals surface area contributed by atoms with E-state index in [-0.39, 0.29) is 13.2 Å². The van der Waals surface area contributed by atoms with Crippen molar-refractivity contribution in [1.82, 2.24) is 5.32 Å². The lowest BCUT2D eigenvalue weighted by atomic mass is 10.1. The molecule has 1 N–H and O–H groups in total. The molecule has 1 aliphatic rings. The molecule has 7 heteroatoms. The lowest BCUT2D eigenvalue weighted by molar-refractivity contribution is -0.139. The van der Waals surface area contributed by atoms with Crippen molar-refractivity contribution in [3.05, 3.63) is 29.3 Å². The maximum absolute atomic E-state index is 12.2. The highest BCUT2D eigenvalue weighted by molar-refractivity contribution is 5.95. The zero-order valence-corrected chi connectivity index (χ0v) is 16.3. The summed E-state index contributed by atoms with van der Waals surface area (Å²) in [4.78, 5) is 23.7. The van der Waals surface area contributed by atoms with Crippen LogP contribution in [-0.4, -0.2) is 44.0 Å². The summed E-state index contributed by atoms with van der Waals surface area (Å²) in [6, 6.07) is 5.53. The monoisotopic (exact) mass is 377 g/mol. The molecule has 0 aliphatic carbocycles. The van der Waals surface area contributed by atoms with Gasteiger partial charge in [-0.25, -0.2) is 9.59 Å². The highest BCUT2D eigenvalue weighted by Gasteiger charge is 2.21. The van der Waals surface area contributed by atoms with E-state index in [0.29, 0.717) is 36.6 Å². The van der Waals surface area contributed by atoms with Crippen LogP contribution in [0.25, 0.3) is 6.08 Å². The molecule has 27 heavy (non-hydrogen) atoms. The molecular formula is C20H27NO6. The molecule has 0 fully saturated rings. The number of esters is 1. The fraction of sp³-hybridized carbons (Fsp3) is 0.500. The Bertz CT molecular complexity index is 705. The maximum Gasteiger partial charge on any atom is 0.407 e. The molecule has 0 unspecified atom stereocenters. The third-order valence-corrected chi connectivity index (χ3v) is 3.50. The van der Waals surface area contributed by atoms with Crippen LogP contribution in [0.1, 0.15) is 39.7 Å². The Labute approximate surface area is 159 Å². The lowest BCUT2D eigenvalue weighted by Crippen LogP contribution is -2.33. The molecule has 0 bridgehead atoms. The van der Waals surface area contributed by atoms with E-state index in [4.69, 9.17) is 18.9 Å². The van der Waals surface area contributed by atoms with E-state index in [2.05, 4.69) is 5.32 Å². The molecule has 0 spiro atoms. The van der Waals surface area contributed by atoms with Gasteiger partial charge in [0.2, 0.25) is 0 Å². The molecule has 1 amide bonds. The number of carbonyl (C=O) groups excluding carboxylic acids is 2. The molecule has 0 saturated heterocycles. The highest BCUT2D eigenvalue weighted by atomic mass is 16.6. The molecule has 7 nitrogen and oxygen atoms in total. The summed E-state index contributed by atoms with van der Waals surface area (Å²) in [5, 5.41) is 2.62. The van der Waals surface area contributed by atoms with Crippen LogP contribution in [0.5, 0.6) is 11.5 Å². The molecular weight excluding hydrogens is 350 g/mol. The summed E-state index contributed by atoms with van der Waals surface area (Å²) in [6.45, 7) is 8.51. The first-order valence-electron chi connectivity index (χ1n) is 9.03. The van der Waals surface area contributed by atoms with Gasteiger partial charge in [0.25, 0.3) is 0 Å². The molecule has 0 saturated carbocycles. The van der Waals surface area contributed by atoms with E-state index in [9.17, 15) is 9.59 Å². The molecule has 148 valence electrons. The average Bonchev–Trinajstić information content (AvgIpc) is 2.60. The third kappa shape index (κ3) is 6.51. The van der Waals surface area contributed by atoms with Gasteiger partial charge in [-0.2, -0.15) is 0 Å². The number of fused-ring (bicyclic) bond motifs is 1. The molecule has 1 aromatic rings. The van der Waals surface area contributed by atoms with Crippen LogP contribution in [0.2, 0.25) is 0 Å². The van der Waals surface area contributed by atoms with Gasteiger partial charge >= 0.3 is 12.1 Å². The first kappa shape index (κ1) is 20.6. The first-order valence-corrected chi connectivity index (χ1v) is 9.03. The number of hydrogen-bond donors (Lipinski definition) is 1. The minimum Gasteiger partial charge on any atom is -0.490 e. The quantitative estimate of drug-likeness (QED) is 0.580. The molecule has 1 heterocycles. The van der Waals surface area contributed by atoms with Gasteiger partial charge in [-0.15, -0.1) is 0 Å². The van der Waals surface area contributed by atoms with Gasteiger partial charge in [-0.3, -0.25) is 0 Å². The summed E-state index contributed by atoms with van der Waals surface area (Å²) in [6.07, 6.45) is 1.76. The summed E-state index contributed by atoms with van der Waals surface area (Å²) < 4.78 is 21.6. The minimum atomic E-state index is -0.539. The minimum absolute atomic E-state index is 0.131. The summed E-state index contributed by atoms with van der Waals surface area (Å²) in [7, 11) is 0. The van der Waals surface area contributed by atoms with Crippen LogP contribution in [0.3, 0.4) is 0 Å². The lowest BCUT2D eigenvalue weighted by Gasteiger charge is -2.20. The van der Waals surface area contributed by atoms with E-state index in [0.717, 1.165) is 5.56 Å². The van der Waals surface area contributed by atoms with E-state index >= 15 is 0 Å². The van der Waals surface area contributed by atoms with Gasteiger partial charge in [-0.1, -0.05) is 12.1 Å². The van der Waals surface area contributed by atoms with Crippen LogP contribution in [0, 0.1) is 0 Å². The van der Waals surface area contributed by atoms with Crippen LogP contribution in [0.15, 0.2) is 23.8 Å². The van der Waals surface area contributed by atoms with Crippen molar-refractivity contribution in [3.8, 4) is 11.5 Å². The number of benzene rings is 1. The second-order valence-electron chi connectivity index (χ2n) is 6.98. The number of para-hydroxylation sites is 1. The number of nitrogens with one attached hydrogen (secondary N) is 1. The number of alkyl carbamates (subject to hydrolysis) is 1. The Hall–Kier alpha value is -2.70. The third-order valence-electron chi connectivity index (χ3n) is 3.50. The number of hydrogen-bond acceptors (Lipinski definition) is 6. The predicted octanol–water partition coefficient (Wildman–Crippen LogP) is 3.32. The molecule has 0 aromatic heterocycles. The van der Waals surface area contributed by atoms with Crippen LogP contribution in [-0.2, 0) is 14.3 Å². The highest BCUT2D eigenvalue weighted by Crippen LogP contribution is 2.35. The normalized spacial score (nSPS) is 13.0. The fourth-order valence-electron chi connectivity index (χ4n) is 2.40. The molecule has 2 rings (SSSR count). The zero-order chi connectivity index (χ0) is 19.9. The SMILES string of the molecule is CCOc1cccc2c1OCC(C(=O)OCCCNC(=O)OC(C)(C)C)=C2. The van der Waals surface area contributed by atoms with Gasteiger partial charge in [0.05, 0.1) is 18.8 Å². The fourth-order valence-corrected chi connectivity index (χ4v) is 2.40. The molecule has 0 atom stereocenters. The zero-order valence-electron chi connectivity index (χ0n) is 16.3. The summed E-state index contributed by atoms with van der Waals surface area (Å²) >= 11 is 0. The van der Waals surface area contributed by atoms with Crippen molar-refractivity contribution in [2.24, 2.45) is 0 Å². The van der Waals surface area contributed by atoms with Gasteiger partial charge < -0.3 is 24.3 Å². The number of ether oxygens (including phenoxy) is 4. The van der Waals surface area contributed by atoms with Crippen LogP contribution >= 0.6 is 0 Å². The second-order valence-corrected chi connectivity index (χ2v) is 6.98.